The minimum absolute atomic E-state index is 0.0413. The number of hydrogen-bond acceptors (Lipinski definition) is 3. The zero-order chi connectivity index (χ0) is 12.5. The molecule has 1 fully saturated rings. The first-order valence-electron chi connectivity index (χ1n) is 6.36. The fraction of sp³-hybridized carbons (Fsp3) is 0.400. The zero-order valence-corrected chi connectivity index (χ0v) is 10.4. The van der Waals surface area contributed by atoms with Gasteiger partial charge in [-0.25, -0.2) is 0 Å². The lowest BCUT2D eigenvalue weighted by Gasteiger charge is -2.19. The molecule has 94 valence electrons. The molecule has 3 nitrogen and oxygen atoms in total. The topological polar surface area (TPSA) is 39.4 Å². The highest BCUT2D eigenvalue weighted by Gasteiger charge is 2.25. The molecular formula is C15H16O3. The van der Waals surface area contributed by atoms with Crippen LogP contribution in [0.2, 0.25) is 0 Å². The van der Waals surface area contributed by atoms with E-state index in [1.54, 1.807) is 0 Å². The van der Waals surface area contributed by atoms with Crippen LogP contribution in [-0.2, 0) is 4.74 Å². The van der Waals surface area contributed by atoms with Gasteiger partial charge in [0.25, 0.3) is 0 Å². The lowest BCUT2D eigenvalue weighted by atomic mass is 9.96. The second-order valence-electron chi connectivity index (χ2n) is 4.93. The molecule has 0 spiro atoms. The molecule has 1 atom stereocenters. The van der Waals surface area contributed by atoms with Gasteiger partial charge in [0.2, 0.25) is 5.78 Å². The van der Waals surface area contributed by atoms with Gasteiger partial charge < -0.3 is 9.15 Å². The predicted molar refractivity (Wildman–Crippen MR) is 68.8 cm³/mol. The van der Waals surface area contributed by atoms with E-state index in [-0.39, 0.29) is 11.7 Å². The molecule has 3 rings (SSSR count). The average molecular weight is 244 g/mol. The first-order chi connectivity index (χ1) is 8.74. The molecule has 2 heterocycles. The van der Waals surface area contributed by atoms with Crippen molar-refractivity contribution in [1.29, 1.82) is 0 Å². The fourth-order valence-corrected chi connectivity index (χ4v) is 2.43. The summed E-state index contributed by atoms with van der Waals surface area (Å²) >= 11 is 0. The number of benzene rings is 1. The van der Waals surface area contributed by atoms with Crippen LogP contribution in [0.15, 0.2) is 28.7 Å². The van der Waals surface area contributed by atoms with Crippen LogP contribution < -0.4 is 0 Å². The summed E-state index contributed by atoms with van der Waals surface area (Å²) < 4.78 is 11.0. The van der Waals surface area contributed by atoms with Crippen LogP contribution in [0.3, 0.4) is 0 Å². The summed E-state index contributed by atoms with van der Waals surface area (Å²) in [6.45, 7) is 3.32. The van der Waals surface area contributed by atoms with Gasteiger partial charge in [-0.3, -0.25) is 4.79 Å². The molecule has 1 aliphatic rings. The Hall–Kier alpha value is -1.61. The third kappa shape index (κ3) is 2.06. The van der Waals surface area contributed by atoms with Crippen molar-refractivity contribution in [2.24, 2.45) is 5.92 Å². The van der Waals surface area contributed by atoms with Gasteiger partial charge in [-0.1, -0.05) is 11.6 Å². The van der Waals surface area contributed by atoms with E-state index in [1.165, 1.54) is 5.56 Å². The Kier molecular flexibility index (Phi) is 2.92. The number of ether oxygens (including phenoxy) is 1. The smallest absolute Gasteiger partial charge is 0.203 e. The molecule has 0 saturated carbocycles. The minimum atomic E-state index is -0.0413. The maximum Gasteiger partial charge on any atom is 0.203 e. The van der Waals surface area contributed by atoms with Crippen molar-refractivity contribution >= 4 is 16.8 Å². The molecule has 1 aliphatic heterocycles. The molecule has 0 N–H and O–H groups in total. The first kappa shape index (κ1) is 11.5. The van der Waals surface area contributed by atoms with Gasteiger partial charge in [-0.2, -0.15) is 0 Å². The van der Waals surface area contributed by atoms with Crippen LogP contribution in [0.25, 0.3) is 11.0 Å². The molecule has 1 aromatic carbocycles. The summed E-state index contributed by atoms with van der Waals surface area (Å²) in [4.78, 5) is 12.3. The molecular weight excluding hydrogens is 228 g/mol. The standard InChI is InChI=1S/C15H16O3/c1-10-4-5-13-12(7-10)8-14(18-13)15(16)11-3-2-6-17-9-11/h4-5,7-8,11H,2-3,6,9H2,1H3. The minimum Gasteiger partial charge on any atom is -0.453 e. The molecule has 1 aromatic heterocycles. The summed E-state index contributed by atoms with van der Waals surface area (Å²) in [6, 6.07) is 7.79. The number of Topliss-reactive ketones (excluding diaryl/α,β-unsaturated/α-hetero) is 1. The Morgan fingerprint density at radius 2 is 2.22 bits per heavy atom. The van der Waals surface area contributed by atoms with Crippen molar-refractivity contribution in [1.82, 2.24) is 0 Å². The number of rotatable bonds is 2. The third-order valence-corrected chi connectivity index (χ3v) is 3.45. The van der Waals surface area contributed by atoms with Crippen LogP contribution >= 0.6 is 0 Å². The third-order valence-electron chi connectivity index (χ3n) is 3.45. The van der Waals surface area contributed by atoms with E-state index in [4.69, 9.17) is 9.15 Å². The van der Waals surface area contributed by atoms with Crippen molar-refractivity contribution in [3.63, 3.8) is 0 Å². The van der Waals surface area contributed by atoms with Crippen molar-refractivity contribution in [2.45, 2.75) is 19.8 Å². The Balaban J connectivity index is 1.91. The number of furan rings is 1. The Morgan fingerprint density at radius 1 is 1.33 bits per heavy atom. The highest BCUT2D eigenvalue weighted by Crippen LogP contribution is 2.25. The maximum atomic E-state index is 12.3. The molecule has 0 bridgehead atoms. The quantitative estimate of drug-likeness (QED) is 0.760. The Labute approximate surface area is 106 Å². The number of fused-ring (bicyclic) bond motifs is 1. The van der Waals surface area contributed by atoms with E-state index in [0.717, 1.165) is 30.4 Å². The summed E-state index contributed by atoms with van der Waals surface area (Å²) in [6.07, 6.45) is 1.85. The summed E-state index contributed by atoms with van der Waals surface area (Å²) in [5.41, 5.74) is 1.95. The summed E-state index contributed by atoms with van der Waals surface area (Å²) in [5.74, 6) is 0.495. The van der Waals surface area contributed by atoms with Gasteiger partial charge >= 0.3 is 0 Å². The molecule has 18 heavy (non-hydrogen) atoms. The highest BCUT2D eigenvalue weighted by atomic mass is 16.5. The molecule has 0 amide bonds. The van der Waals surface area contributed by atoms with E-state index >= 15 is 0 Å². The van der Waals surface area contributed by atoms with Crippen molar-refractivity contribution < 1.29 is 13.9 Å². The van der Waals surface area contributed by atoms with Gasteiger partial charge in [0.1, 0.15) is 5.58 Å². The number of carbonyl (C=O) groups is 1. The highest BCUT2D eigenvalue weighted by molar-refractivity contribution is 5.99. The number of carbonyl (C=O) groups excluding carboxylic acids is 1. The SMILES string of the molecule is Cc1ccc2oc(C(=O)C3CCCOC3)cc2c1. The van der Waals surface area contributed by atoms with Gasteiger partial charge in [-0.05, 0) is 38.0 Å². The Morgan fingerprint density at radius 3 is 3.00 bits per heavy atom. The van der Waals surface area contributed by atoms with E-state index in [0.29, 0.717) is 12.4 Å². The normalized spacial score (nSPS) is 20.2. The van der Waals surface area contributed by atoms with E-state index < -0.39 is 0 Å². The summed E-state index contributed by atoms with van der Waals surface area (Å²) in [7, 11) is 0. The number of hydrogen-bond donors (Lipinski definition) is 0. The van der Waals surface area contributed by atoms with E-state index in [1.807, 2.05) is 31.2 Å². The van der Waals surface area contributed by atoms with Crippen LogP contribution in [0.4, 0.5) is 0 Å². The zero-order valence-electron chi connectivity index (χ0n) is 10.4. The van der Waals surface area contributed by atoms with Crippen LogP contribution in [0.5, 0.6) is 0 Å². The number of ketones is 1. The van der Waals surface area contributed by atoms with Crippen molar-refractivity contribution in [2.75, 3.05) is 13.2 Å². The van der Waals surface area contributed by atoms with Gasteiger partial charge in [0.15, 0.2) is 5.76 Å². The van der Waals surface area contributed by atoms with E-state index in [9.17, 15) is 4.79 Å². The molecule has 3 heteroatoms. The lowest BCUT2D eigenvalue weighted by molar-refractivity contribution is 0.0445. The van der Waals surface area contributed by atoms with Crippen LogP contribution in [-0.4, -0.2) is 19.0 Å². The van der Waals surface area contributed by atoms with Crippen LogP contribution in [0, 0.1) is 12.8 Å². The second kappa shape index (κ2) is 4.58. The van der Waals surface area contributed by atoms with Crippen LogP contribution in [0.1, 0.15) is 29.0 Å². The van der Waals surface area contributed by atoms with E-state index in [2.05, 4.69) is 0 Å². The fourth-order valence-electron chi connectivity index (χ4n) is 2.43. The predicted octanol–water partition coefficient (Wildman–Crippen LogP) is 3.35. The first-order valence-corrected chi connectivity index (χ1v) is 6.36. The average Bonchev–Trinajstić information content (AvgIpc) is 2.81. The second-order valence-corrected chi connectivity index (χ2v) is 4.93. The van der Waals surface area contributed by atoms with Crippen molar-refractivity contribution in [3.05, 3.63) is 35.6 Å². The molecule has 0 aliphatic carbocycles. The largest absolute Gasteiger partial charge is 0.453 e. The molecule has 1 unspecified atom stereocenters. The van der Waals surface area contributed by atoms with Gasteiger partial charge in [0, 0.05) is 17.9 Å². The molecule has 2 aromatic rings. The van der Waals surface area contributed by atoms with Gasteiger partial charge in [0.05, 0.1) is 6.61 Å². The molecule has 0 radical (unpaired) electrons. The monoisotopic (exact) mass is 244 g/mol. The van der Waals surface area contributed by atoms with Gasteiger partial charge in [-0.15, -0.1) is 0 Å². The Bertz CT molecular complexity index is 576. The number of aryl methyl sites for hydroxylation is 1. The maximum absolute atomic E-state index is 12.3. The lowest BCUT2D eigenvalue weighted by Crippen LogP contribution is -2.24. The molecule has 1 saturated heterocycles. The van der Waals surface area contributed by atoms with Crippen molar-refractivity contribution in [3.8, 4) is 0 Å². The summed E-state index contributed by atoms with van der Waals surface area (Å²) in [5, 5.41) is 0.995.